The minimum Gasteiger partial charge on any atom is -0.316 e. The first-order chi connectivity index (χ1) is 12.8. The van der Waals surface area contributed by atoms with Gasteiger partial charge in [0.2, 0.25) is 0 Å². The third-order valence-electron chi connectivity index (χ3n) is 4.47. The van der Waals surface area contributed by atoms with Crippen molar-refractivity contribution in [2.75, 3.05) is 16.4 Å². The minimum atomic E-state index is -3.18. The lowest BCUT2D eigenvalue weighted by atomic mass is 10.2. The normalized spacial score (nSPS) is 25.0. The van der Waals surface area contributed by atoms with Gasteiger partial charge in [0.25, 0.3) is 5.91 Å². The van der Waals surface area contributed by atoms with Crippen LogP contribution < -0.4 is 4.90 Å². The number of rotatable bonds is 2. The zero-order valence-electron chi connectivity index (χ0n) is 13.9. The fourth-order valence-electron chi connectivity index (χ4n) is 3.23. The maximum Gasteiger partial charge on any atom is 0.279 e. The number of fused-ring (bicyclic) bond motifs is 1. The first kappa shape index (κ1) is 18.5. The molecule has 4 rings (SSSR count). The van der Waals surface area contributed by atoms with Gasteiger partial charge >= 0.3 is 0 Å². The molecule has 9 heteroatoms. The van der Waals surface area contributed by atoms with Crippen LogP contribution in [0.5, 0.6) is 0 Å². The Morgan fingerprint density at radius 1 is 1.19 bits per heavy atom. The molecule has 0 N–H and O–H groups in total. The molecule has 2 saturated heterocycles. The first-order valence-corrected chi connectivity index (χ1v) is 11.2. The molecule has 5 nitrogen and oxygen atoms in total. The Labute approximate surface area is 165 Å². The number of aliphatic imine (C=N–C) groups is 1. The molecule has 2 aliphatic heterocycles. The largest absolute Gasteiger partial charge is 0.316 e. The Balaban J connectivity index is 1.75. The molecule has 0 radical (unpaired) electrons. The highest BCUT2D eigenvalue weighted by Crippen LogP contribution is 2.41. The molecular formula is C18H14ClFN2O3S2. The molecule has 0 aliphatic carbocycles. The topological polar surface area (TPSA) is 66.8 Å². The molecule has 2 aromatic carbocycles. The van der Waals surface area contributed by atoms with Crippen LogP contribution >= 0.6 is 23.4 Å². The Morgan fingerprint density at radius 3 is 2.63 bits per heavy atom. The molecule has 140 valence electrons. The fraction of sp³-hybridized carbons (Fsp3) is 0.222. The molecule has 27 heavy (non-hydrogen) atoms. The highest BCUT2D eigenvalue weighted by atomic mass is 35.5. The zero-order chi connectivity index (χ0) is 19.2. The second kappa shape index (κ2) is 6.92. The van der Waals surface area contributed by atoms with Crippen LogP contribution in [-0.4, -0.2) is 42.3 Å². The number of thioether (sulfide) groups is 1. The number of amidine groups is 1. The van der Waals surface area contributed by atoms with E-state index in [2.05, 4.69) is 4.99 Å². The van der Waals surface area contributed by atoms with Gasteiger partial charge in [0, 0.05) is 16.5 Å². The van der Waals surface area contributed by atoms with Gasteiger partial charge in [-0.05, 0) is 30.3 Å². The predicted octanol–water partition coefficient (Wildman–Crippen LogP) is 3.39. The molecule has 2 aromatic rings. The molecule has 2 heterocycles. The maximum atomic E-state index is 13.6. The average molecular weight is 425 g/mol. The lowest BCUT2D eigenvalue weighted by Gasteiger charge is -2.24. The van der Waals surface area contributed by atoms with Gasteiger partial charge in [-0.25, -0.2) is 12.8 Å². The fourth-order valence-corrected chi connectivity index (χ4v) is 7.32. The van der Waals surface area contributed by atoms with Gasteiger partial charge in [-0.1, -0.05) is 41.6 Å². The van der Waals surface area contributed by atoms with Crippen molar-refractivity contribution in [3.05, 3.63) is 64.9 Å². The van der Waals surface area contributed by atoms with Crippen LogP contribution in [0.15, 0.2) is 53.5 Å². The van der Waals surface area contributed by atoms with Crippen molar-refractivity contribution < 1.29 is 17.6 Å². The Morgan fingerprint density at radius 2 is 1.93 bits per heavy atom. The lowest BCUT2D eigenvalue weighted by molar-refractivity contribution is 0.100. The van der Waals surface area contributed by atoms with Crippen molar-refractivity contribution in [3.8, 4) is 0 Å². The molecule has 2 atom stereocenters. The van der Waals surface area contributed by atoms with E-state index in [0.717, 1.165) is 0 Å². The van der Waals surface area contributed by atoms with E-state index in [1.807, 2.05) is 0 Å². The highest BCUT2D eigenvalue weighted by Gasteiger charge is 2.49. The third-order valence-corrected chi connectivity index (χ3v) is 7.97. The van der Waals surface area contributed by atoms with E-state index < -0.39 is 21.6 Å². The summed E-state index contributed by atoms with van der Waals surface area (Å²) in [6.45, 7) is 0. The van der Waals surface area contributed by atoms with Crippen LogP contribution in [0.4, 0.5) is 10.1 Å². The van der Waals surface area contributed by atoms with Crippen LogP contribution in [0, 0.1) is 5.82 Å². The number of carbonyl (C=O) groups is 1. The molecule has 2 fully saturated rings. The maximum absolute atomic E-state index is 13.6. The molecular weight excluding hydrogens is 411 g/mol. The van der Waals surface area contributed by atoms with Gasteiger partial charge in [-0.15, -0.1) is 0 Å². The molecule has 0 saturated carbocycles. The van der Waals surface area contributed by atoms with Gasteiger partial charge in [0.1, 0.15) is 5.82 Å². The highest BCUT2D eigenvalue weighted by molar-refractivity contribution is 8.16. The zero-order valence-corrected chi connectivity index (χ0v) is 16.3. The van der Waals surface area contributed by atoms with E-state index in [1.54, 1.807) is 35.2 Å². The second-order valence-electron chi connectivity index (χ2n) is 6.33. The summed E-state index contributed by atoms with van der Waals surface area (Å²) in [6.07, 6.45) is 0. The summed E-state index contributed by atoms with van der Waals surface area (Å²) in [5, 5.41) is 0.0909. The van der Waals surface area contributed by atoms with Gasteiger partial charge in [0.05, 0.1) is 22.6 Å². The van der Waals surface area contributed by atoms with Crippen molar-refractivity contribution in [2.24, 2.45) is 4.99 Å². The van der Waals surface area contributed by atoms with Crippen LogP contribution in [0.25, 0.3) is 0 Å². The van der Waals surface area contributed by atoms with Gasteiger partial charge in [0.15, 0.2) is 15.0 Å². The van der Waals surface area contributed by atoms with Crippen LogP contribution in [-0.2, 0) is 9.84 Å². The molecule has 0 spiro atoms. The quantitative estimate of drug-likeness (QED) is 0.739. The van der Waals surface area contributed by atoms with E-state index in [9.17, 15) is 17.6 Å². The minimum absolute atomic E-state index is 0.0201. The number of anilines is 1. The summed E-state index contributed by atoms with van der Waals surface area (Å²) in [5.74, 6) is -1.01. The van der Waals surface area contributed by atoms with Gasteiger partial charge in [-0.2, -0.15) is 4.99 Å². The average Bonchev–Trinajstić information content (AvgIpc) is 3.09. The second-order valence-corrected chi connectivity index (χ2v) is 10.1. The lowest BCUT2D eigenvalue weighted by Crippen LogP contribution is -2.37. The standard InChI is InChI=1S/C18H14ClFN2O3S2/c19-13-8-12(6-7-14(13)20)22-15-9-27(24,25)10-16(15)26-18(22)21-17(23)11-4-2-1-3-5-11/h1-8,15-16H,9-10H2. The summed E-state index contributed by atoms with van der Waals surface area (Å²) in [5.41, 5.74) is 0.950. The molecule has 2 aliphatic rings. The Hall–Kier alpha value is -1.90. The van der Waals surface area contributed by atoms with E-state index in [-0.39, 0.29) is 27.8 Å². The van der Waals surface area contributed by atoms with Crippen molar-refractivity contribution >= 4 is 50.0 Å². The summed E-state index contributed by atoms with van der Waals surface area (Å²) < 4.78 is 37.7. The van der Waals surface area contributed by atoms with Gasteiger partial charge < -0.3 is 4.90 Å². The number of amides is 1. The van der Waals surface area contributed by atoms with Crippen LogP contribution in [0.3, 0.4) is 0 Å². The number of benzene rings is 2. The Kier molecular flexibility index (Phi) is 4.73. The SMILES string of the molecule is O=C(N=C1SC2CS(=O)(=O)CC2N1c1ccc(F)c(Cl)c1)c1ccccc1. The van der Waals surface area contributed by atoms with E-state index in [0.29, 0.717) is 16.4 Å². The first-order valence-electron chi connectivity index (χ1n) is 8.13. The Bertz CT molecular complexity index is 1040. The van der Waals surface area contributed by atoms with E-state index >= 15 is 0 Å². The molecule has 0 bridgehead atoms. The summed E-state index contributed by atoms with van der Waals surface area (Å²) in [6, 6.07) is 12.4. The van der Waals surface area contributed by atoms with Crippen molar-refractivity contribution in [1.82, 2.24) is 0 Å². The summed E-state index contributed by atoms with van der Waals surface area (Å²) >= 11 is 7.17. The molecule has 1 amide bonds. The van der Waals surface area contributed by atoms with E-state index in [1.165, 1.54) is 30.0 Å². The van der Waals surface area contributed by atoms with Crippen molar-refractivity contribution in [2.45, 2.75) is 11.3 Å². The van der Waals surface area contributed by atoms with Crippen molar-refractivity contribution in [1.29, 1.82) is 0 Å². The molecule has 2 unspecified atom stereocenters. The smallest absolute Gasteiger partial charge is 0.279 e. The number of hydrogen-bond acceptors (Lipinski definition) is 4. The predicted molar refractivity (Wildman–Crippen MR) is 106 cm³/mol. The monoisotopic (exact) mass is 424 g/mol. The van der Waals surface area contributed by atoms with Crippen molar-refractivity contribution in [3.63, 3.8) is 0 Å². The van der Waals surface area contributed by atoms with Crippen LogP contribution in [0.1, 0.15) is 10.4 Å². The van der Waals surface area contributed by atoms with Crippen LogP contribution in [0.2, 0.25) is 5.02 Å². The summed E-state index contributed by atoms with van der Waals surface area (Å²) in [4.78, 5) is 18.4. The number of carbonyl (C=O) groups excluding carboxylic acids is 1. The third kappa shape index (κ3) is 3.61. The number of sulfone groups is 1. The number of hydrogen-bond donors (Lipinski definition) is 0. The molecule has 0 aromatic heterocycles. The summed E-state index contributed by atoms with van der Waals surface area (Å²) in [7, 11) is -3.18. The number of halogens is 2. The van der Waals surface area contributed by atoms with Gasteiger partial charge in [-0.3, -0.25) is 4.79 Å². The van der Waals surface area contributed by atoms with E-state index in [4.69, 9.17) is 11.6 Å². The number of nitrogens with zero attached hydrogens (tertiary/aromatic N) is 2.